The Balaban J connectivity index is 3.32. The molecule has 1 aromatic carbocycles. The Morgan fingerprint density at radius 3 is 2.69 bits per heavy atom. The summed E-state index contributed by atoms with van der Waals surface area (Å²) in [6.07, 6.45) is 1.51. The Morgan fingerprint density at radius 1 is 1.44 bits per heavy atom. The topological polar surface area (TPSA) is 20.3 Å². The van der Waals surface area contributed by atoms with Gasteiger partial charge in [-0.25, -0.2) is 0 Å². The van der Waals surface area contributed by atoms with Crippen LogP contribution in [-0.4, -0.2) is 5.91 Å². The summed E-state index contributed by atoms with van der Waals surface area (Å²) in [6, 6.07) is 7.47. The number of benzene rings is 1. The smallest absolute Gasteiger partial charge is 0.228 e. The minimum Gasteiger partial charge on any atom is -0.280 e. The molecule has 1 amide bonds. The molecule has 0 heterocycles. The lowest BCUT2D eigenvalue weighted by molar-refractivity contribution is -0.116. The van der Waals surface area contributed by atoms with Gasteiger partial charge in [0, 0.05) is 12.5 Å². The van der Waals surface area contributed by atoms with Gasteiger partial charge in [0.2, 0.25) is 5.91 Å². The van der Waals surface area contributed by atoms with Crippen molar-refractivity contribution in [1.82, 2.24) is 0 Å². The van der Waals surface area contributed by atoms with Crippen LogP contribution in [0.25, 0.3) is 0 Å². The monoisotopic (exact) mass is 211 g/mol. The summed E-state index contributed by atoms with van der Waals surface area (Å²) in [4.78, 5) is 12.9. The lowest BCUT2D eigenvalue weighted by atomic mass is 10.1. The zero-order chi connectivity index (χ0) is 12.0. The van der Waals surface area contributed by atoms with Crippen molar-refractivity contribution in [3.63, 3.8) is 0 Å². The minimum absolute atomic E-state index is 0.0958. The molecule has 0 unspecified atom stereocenters. The van der Waals surface area contributed by atoms with E-state index in [1.54, 1.807) is 6.92 Å². The van der Waals surface area contributed by atoms with E-state index in [1.807, 2.05) is 24.3 Å². The highest BCUT2D eigenvalue weighted by Gasteiger charge is 2.10. The van der Waals surface area contributed by atoms with Crippen molar-refractivity contribution in [2.24, 2.45) is 0 Å². The van der Waals surface area contributed by atoms with Gasteiger partial charge in [0.15, 0.2) is 0 Å². The van der Waals surface area contributed by atoms with Crippen LogP contribution in [0.2, 0.25) is 0 Å². The summed E-state index contributed by atoms with van der Waals surface area (Å²) in [6.45, 7) is 6.73. The van der Waals surface area contributed by atoms with Crippen LogP contribution in [0.15, 0.2) is 42.8 Å². The van der Waals surface area contributed by atoms with Crippen molar-refractivity contribution >= 4 is 11.6 Å². The molecule has 0 aliphatic heterocycles. The normalized spacial score (nSPS) is 8.38. The number of nitrogens with zero attached hydrogens (tertiary/aromatic N) is 1. The fourth-order valence-electron chi connectivity index (χ4n) is 1.35. The second kappa shape index (κ2) is 5.60. The molecule has 0 aliphatic rings. The van der Waals surface area contributed by atoms with Crippen molar-refractivity contribution in [2.75, 3.05) is 4.90 Å². The molecule has 1 rings (SSSR count). The van der Waals surface area contributed by atoms with Crippen LogP contribution in [0.4, 0.5) is 5.69 Å². The SMILES string of the molecule is C=C=CN(C(C)=O)c1ccccc1C#CC. The Hall–Kier alpha value is -2.23. The lowest BCUT2D eigenvalue weighted by Gasteiger charge is -2.16. The van der Waals surface area contributed by atoms with E-state index in [1.165, 1.54) is 18.0 Å². The summed E-state index contributed by atoms with van der Waals surface area (Å²) in [5, 5.41) is 0. The van der Waals surface area contributed by atoms with E-state index in [4.69, 9.17) is 0 Å². The van der Waals surface area contributed by atoms with Crippen LogP contribution in [0.3, 0.4) is 0 Å². The van der Waals surface area contributed by atoms with E-state index in [9.17, 15) is 4.79 Å². The van der Waals surface area contributed by atoms with Gasteiger partial charge >= 0.3 is 0 Å². The molecule has 2 nitrogen and oxygen atoms in total. The summed E-state index contributed by atoms with van der Waals surface area (Å²) in [5.74, 6) is 5.68. The Bertz CT molecular complexity index is 497. The maximum atomic E-state index is 11.5. The molecule has 0 spiro atoms. The van der Waals surface area contributed by atoms with Crippen molar-refractivity contribution in [1.29, 1.82) is 0 Å². The van der Waals surface area contributed by atoms with Gasteiger partial charge < -0.3 is 0 Å². The van der Waals surface area contributed by atoms with Gasteiger partial charge in [-0.1, -0.05) is 24.6 Å². The number of amides is 1. The van der Waals surface area contributed by atoms with Crippen LogP contribution in [-0.2, 0) is 4.79 Å². The molecular formula is C14H13NO. The molecule has 0 bridgehead atoms. The van der Waals surface area contributed by atoms with Crippen molar-refractivity contribution in [3.05, 3.63) is 48.3 Å². The predicted octanol–water partition coefficient (Wildman–Crippen LogP) is 2.71. The quantitative estimate of drug-likeness (QED) is 0.544. The predicted molar refractivity (Wildman–Crippen MR) is 65.9 cm³/mol. The average molecular weight is 211 g/mol. The minimum atomic E-state index is -0.0958. The first-order valence-corrected chi connectivity index (χ1v) is 4.88. The highest BCUT2D eigenvalue weighted by Crippen LogP contribution is 2.19. The molecule has 0 aromatic heterocycles. The number of hydrogen-bond donors (Lipinski definition) is 0. The van der Waals surface area contributed by atoms with Crippen LogP contribution >= 0.6 is 0 Å². The van der Waals surface area contributed by atoms with Gasteiger partial charge in [0.25, 0.3) is 0 Å². The number of anilines is 1. The molecule has 16 heavy (non-hydrogen) atoms. The Kier molecular flexibility index (Phi) is 4.15. The average Bonchev–Trinajstić information content (AvgIpc) is 2.27. The molecule has 1 aromatic rings. The van der Waals surface area contributed by atoms with E-state index in [0.717, 1.165) is 11.3 Å². The lowest BCUT2D eigenvalue weighted by Crippen LogP contribution is -2.22. The van der Waals surface area contributed by atoms with E-state index in [0.29, 0.717) is 0 Å². The van der Waals surface area contributed by atoms with Crippen LogP contribution < -0.4 is 4.90 Å². The summed E-state index contributed by atoms with van der Waals surface area (Å²) in [7, 11) is 0. The third-order valence-electron chi connectivity index (χ3n) is 1.98. The fourth-order valence-corrected chi connectivity index (χ4v) is 1.35. The number of carbonyl (C=O) groups excluding carboxylic acids is 1. The van der Waals surface area contributed by atoms with Crippen LogP contribution in [0.5, 0.6) is 0 Å². The summed E-state index contributed by atoms with van der Waals surface area (Å²) >= 11 is 0. The standard InChI is InChI=1S/C14H13NO/c1-4-8-13-9-6-7-10-14(13)15(11-5-2)12(3)16/h6-7,9-11H,2H2,1,3H3. The molecule has 0 atom stereocenters. The largest absolute Gasteiger partial charge is 0.280 e. The maximum absolute atomic E-state index is 11.5. The Morgan fingerprint density at radius 2 is 2.12 bits per heavy atom. The summed E-state index contributed by atoms with van der Waals surface area (Å²) < 4.78 is 0. The van der Waals surface area contributed by atoms with E-state index >= 15 is 0 Å². The van der Waals surface area contributed by atoms with Gasteiger partial charge in [-0.05, 0) is 19.1 Å². The zero-order valence-corrected chi connectivity index (χ0v) is 9.45. The van der Waals surface area contributed by atoms with Crippen LogP contribution in [0.1, 0.15) is 19.4 Å². The molecule has 0 saturated heterocycles. The highest BCUT2D eigenvalue weighted by molar-refractivity contribution is 5.94. The zero-order valence-electron chi connectivity index (χ0n) is 9.45. The summed E-state index contributed by atoms with van der Waals surface area (Å²) in [5.41, 5.74) is 4.16. The van der Waals surface area contributed by atoms with E-state index in [-0.39, 0.29) is 5.91 Å². The number of carbonyl (C=O) groups is 1. The maximum Gasteiger partial charge on any atom is 0.228 e. The van der Waals surface area contributed by atoms with Crippen molar-refractivity contribution in [3.8, 4) is 11.8 Å². The number of hydrogen-bond acceptors (Lipinski definition) is 1. The molecule has 0 saturated carbocycles. The highest BCUT2D eigenvalue weighted by atomic mass is 16.2. The van der Waals surface area contributed by atoms with Crippen molar-refractivity contribution < 1.29 is 4.79 Å². The third-order valence-corrected chi connectivity index (χ3v) is 1.98. The van der Waals surface area contributed by atoms with Gasteiger partial charge in [0.1, 0.15) is 0 Å². The molecule has 0 fully saturated rings. The second-order valence-corrected chi connectivity index (χ2v) is 3.11. The first kappa shape index (κ1) is 11.8. The Labute approximate surface area is 95.9 Å². The van der Waals surface area contributed by atoms with Gasteiger partial charge in [-0.15, -0.1) is 11.7 Å². The van der Waals surface area contributed by atoms with Crippen LogP contribution in [0, 0.1) is 11.8 Å². The molecule has 80 valence electrons. The first-order valence-electron chi connectivity index (χ1n) is 4.88. The van der Waals surface area contributed by atoms with E-state index < -0.39 is 0 Å². The number of para-hydroxylation sites is 1. The molecule has 0 radical (unpaired) electrons. The van der Waals surface area contributed by atoms with Gasteiger partial charge in [0.05, 0.1) is 11.9 Å². The van der Waals surface area contributed by atoms with Gasteiger partial charge in [-0.2, -0.15) is 0 Å². The van der Waals surface area contributed by atoms with E-state index in [2.05, 4.69) is 24.2 Å². The second-order valence-electron chi connectivity index (χ2n) is 3.11. The fraction of sp³-hybridized carbons (Fsp3) is 0.143. The molecule has 0 aliphatic carbocycles. The van der Waals surface area contributed by atoms with Gasteiger partial charge in [-0.3, -0.25) is 9.69 Å². The third kappa shape index (κ3) is 2.63. The van der Waals surface area contributed by atoms with Crippen molar-refractivity contribution in [2.45, 2.75) is 13.8 Å². The molecular weight excluding hydrogens is 198 g/mol. The molecule has 0 N–H and O–H groups in total. The first-order chi connectivity index (χ1) is 7.70. The molecule has 2 heteroatoms. The number of rotatable bonds is 2.